The molecule has 0 aliphatic heterocycles. The molecule has 0 radical (unpaired) electrons. The smallest absolute Gasteiger partial charge is 0.201 e. The number of halogens is 2. The van der Waals surface area contributed by atoms with Crippen LogP contribution in [0.3, 0.4) is 0 Å². The highest BCUT2D eigenvalue weighted by atomic mass is 19.2. The second-order valence-corrected chi connectivity index (χ2v) is 10.2. The molecule has 1 atom stereocenters. The molecule has 0 spiro atoms. The number of hydrogen-bond donors (Lipinski definition) is 0. The van der Waals surface area contributed by atoms with Crippen molar-refractivity contribution in [1.29, 1.82) is 0 Å². The largest absolute Gasteiger partial charge is 0.486 e. The van der Waals surface area contributed by atoms with Crippen molar-refractivity contribution in [2.45, 2.75) is 71.1 Å². The van der Waals surface area contributed by atoms with Crippen LogP contribution in [0.2, 0.25) is 0 Å². The lowest BCUT2D eigenvalue weighted by Gasteiger charge is -2.39. The lowest BCUT2D eigenvalue weighted by Crippen LogP contribution is -2.27. The molecule has 178 valence electrons. The Morgan fingerprint density at radius 2 is 1.64 bits per heavy atom. The summed E-state index contributed by atoms with van der Waals surface area (Å²) >= 11 is 0. The first-order valence-electron chi connectivity index (χ1n) is 12.8. The Hall–Kier alpha value is -2.16. The van der Waals surface area contributed by atoms with Gasteiger partial charge in [0.1, 0.15) is 6.61 Å². The molecule has 0 heterocycles. The molecule has 0 N–H and O–H groups in total. The summed E-state index contributed by atoms with van der Waals surface area (Å²) in [6.07, 6.45) is 16.7. The quantitative estimate of drug-likeness (QED) is 0.381. The van der Waals surface area contributed by atoms with Crippen LogP contribution in [0.15, 0.2) is 49.1 Å². The minimum atomic E-state index is -0.918. The third-order valence-corrected chi connectivity index (χ3v) is 8.36. The lowest BCUT2D eigenvalue weighted by molar-refractivity contribution is 0.148. The maximum atomic E-state index is 14.8. The number of allylic oxidation sites excluding steroid dienone is 2. The van der Waals surface area contributed by atoms with Crippen LogP contribution in [0, 0.1) is 35.3 Å². The van der Waals surface area contributed by atoms with Gasteiger partial charge in [-0.3, -0.25) is 0 Å². The SMILES string of the molecule is C=CCOc1cc2ccc(C(C)C3CCC(C4CCC(/C=C/C)CC4)CC3)cc2c(F)c1F. The third kappa shape index (κ3) is 5.34. The van der Waals surface area contributed by atoms with Gasteiger partial charge in [-0.2, -0.15) is 4.39 Å². The summed E-state index contributed by atoms with van der Waals surface area (Å²) < 4.78 is 34.6. The molecule has 0 amide bonds. The molecule has 4 rings (SSSR count). The van der Waals surface area contributed by atoms with E-state index in [1.165, 1.54) is 57.4 Å². The Labute approximate surface area is 197 Å². The molecular formula is C30H38F2O. The van der Waals surface area contributed by atoms with E-state index < -0.39 is 11.6 Å². The lowest BCUT2D eigenvalue weighted by atomic mass is 9.67. The van der Waals surface area contributed by atoms with Gasteiger partial charge in [0.2, 0.25) is 5.82 Å². The summed E-state index contributed by atoms with van der Waals surface area (Å²) in [6, 6.07) is 7.42. The molecule has 2 saturated carbocycles. The molecule has 0 saturated heterocycles. The van der Waals surface area contributed by atoms with Crippen molar-refractivity contribution < 1.29 is 13.5 Å². The van der Waals surface area contributed by atoms with Crippen LogP contribution in [0.4, 0.5) is 8.78 Å². The van der Waals surface area contributed by atoms with Crippen molar-refractivity contribution in [2.24, 2.45) is 23.7 Å². The highest BCUT2D eigenvalue weighted by molar-refractivity contribution is 5.85. The number of hydrogen-bond acceptors (Lipinski definition) is 1. The summed E-state index contributed by atoms with van der Waals surface area (Å²) in [7, 11) is 0. The van der Waals surface area contributed by atoms with E-state index in [9.17, 15) is 8.78 Å². The van der Waals surface area contributed by atoms with Gasteiger partial charge in [-0.05, 0) is 111 Å². The van der Waals surface area contributed by atoms with Crippen molar-refractivity contribution in [1.82, 2.24) is 0 Å². The Balaban J connectivity index is 1.40. The van der Waals surface area contributed by atoms with Crippen molar-refractivity contribution in [3.8, 4) is 5.75 Å². The van der Waals surface area contributed by atoms with Crippen molar-refractivity contribution in [3.63, 3.8) is 0 Å². The van der Waals surface area contributed by atoms with E-state index in [4.69, 9.17) is 4.74 Å². The average Bonchev–Trinajstić information content (AvgIpc) is 2.85. The van der Waals surface area contributed by atoms with Crippen LogP contribution >= 0.6 is 0 Å². The van der Waals surface area contributed by atoms with E-state index in [0.717, 1.165) is 23.3 Å². The Bertz CT molecular complexity index is 978. The van der Waals surface area contributed by atoms with Crippen LogP contribution in [-0.2, 0) is 0 Å². The summed E-state index contributed by atoms with van der Waals surface area (Å²) in [4.78, 5) is 0. The number of benzene rings is 2. The first-order chi connectivity index (χ1) is 16.0. The van der Waals surface area contributed by atoms with Gasteiger partial charge in [0.25, 0.3) is 0 Å². The predicted molar refractivity (Wildman–Crippen MR) is 134 cm³/mol. The zero-order valence-corrected chi connectivity index (χ0v) is 20.2. The van der Waals surface area contributed by atoms with Gasteiger partial charge in [0.05, 0.1) is 0 Å². The zero-order chi connectivity index (χ0) is 23.4. The monoisotopic (exact) mass is 452 g/mol. The molecule has 0 bridgehead atoms. The fourth-order valence-corrected chi connectivity index (χ4v) is 6.33. The van der Waals surface area contributed by atoms with Crippen LogP contribution < -0.4 is 4.74 Å². The predicted octanol–water partition coefficient (Wildman–Crippen LogP) is 8.98. The van der Waals surface area contributed by atoms with Crippen molar-refractivity contribution >= 4 is 10.8 Å². The Morgan fingerprint density at radius 1 is 0.970 bits per heavy atom. The molecule has 2 fully saturated rings. The van der Waals surface area contributed by atoms with E-state index in [2.05, 4.69) is 38.6 Å². The summed E-state index contributed by atoms with van der Waals surface area (Å²) in [5, 5.41) is 1.01. The van der Waals surface area contributed by atoms with Crippen LogP contribution in [0.5, 0.6) is 5.75 Å². The zero-order valence-electron chi connectivity index (χ0n) is 20.2. The third-order valence-electron chi connectivity index (χ3n) is 8.36. The van der Waals surface area contributed by atoms with Crippen LogP contribution in [0.1, 0.15) is 76.7 Å². The molecule has 2 aromatic rings. The highest BCUT2D eigenvalue weighted by Crippen LogP contribution is 2.45. The fraction of sp³-hybridized carbons (Fsp3) is 0.533. The number of fused-ring (bicyclic) bond motifs is 1. The minimum Gasteiger partial charge on any atom is -0.486 e. The van der Waals surface area contributed by atoms with E-state index in [-0.39, 0.29) is 12.4 Å². The Kier molecular flexibility index (Phi) is 7.88. The molecule has 1 unspecified atom stereocenters. The first-order valence-corrected chi connectivity index (χ1v) is 12.8. The second kappa shape index (κ2) is 10.8. The number of ether oxygens (including phenoxy) is 1. The van der Waals surface area contributed by atoms with Gasteiger partial charge in [-0.15, -0.1) is 0 Å². The van der Waals surface area contributed by atoms with Gasteiger partial charge in [-0.25, -0.2) is 4.39 Å². The maximum absolute atomic E-state index is 14.8. The standard InChI is InChI=1S/C30H38F2O/c1-4-6-21-7-9-23(10-8-21)24-13-11-22(12-14-24)20(3)25-15-16-26-19-28(33-17-5-2)30(32)29(31)27(26)18-25/h4-6,15-16,18-24H,2,7-14,17H2,1,3H3/b6-4+. The van der Waals surface area contributed by atoms with E-state index >= 15 is 0 Å². The summed E-state index contributed by atoms with van der Waals surface area (Å²) in [5.74, 6) is 1.73. The van der Waals surface area contributed by atoms with Gasteiger partial charge in [0.15, 0.2) is 11.6 Å². The minimum absolute atomic E-state index is 0.0567. The summed E-state index contributed by atoms with van der Waals surface area (Å²) in [5.41, 5.74) is 1.11. The molecule has 33 heavy (non-hydrogen) atoms. The van der Waals surface area contributed by atoms with Crippen molar-refractivity contribution in [3.05, 3.63) is 66.3 Å². The molecule has 0 aromatic heterocycles. The van der Waals surface area contributed by atoms with Gasteiger partial charge in [0, 0.05) is 5.39 Å². The molecule has 3 heteroatoms. The fourth-order valence-electron chi connectivity index (χ4n) is 6.33. The van der Waals surface area contributed by atoms with Crippen molar-refractivity contribution in [2.75, 3.05) is 6.61 Å². The molecular weight excluding hydrogens is 414 g/mol. The Morgan fingerprint density at radius 3 is 2.27 bits per heavy atom. The second-order valence-electron chi connectivity index (χ2n) is 10.2. The molecule has 2 aliphatic carbocycles. The van der Waals surface area contributed by atoms with Crippen LogP contribution in [0.25, 0.3) is 10.8 Å². The van der Waals surface area contributed by atoms with E-state index in [1.54, 1.807) is 6.07 Å². The van der Waals surface area contributed by atoms with Crippen LogP contribution in [-0.4, -0.2) is 6.61 Å². The average molecular weight is 453 g/mol. The van der Waals surface area contributed by atoms with Gasteiger partial charge >= 0.3 is 0 Å². The van der Waals surface area contributed by atoms with E-state index in [0.29, 0.717) is 22.6 Å². The van der Waals surface area contributed by atoms with E-state index in [1.807, 2.05) is 12.1 Å². The van der Waals surface area contributed by atoms with Gasteiger partial charge in [-0.1, -0.05) is 43.9 Å². The number of rotatable bonds is 7. The molecule has 1 nitrogen and oxygen atoms in total. The maximum Gasteiger partial charge on any atom is 0.201 e. The molecule has 2 aliphatic rings. The topological polar surface area (TPSA) is 9.23 Å². The summed E-state index contributed by atoms with van der Waals surface area (Å²) in [6.45, 7) is 8.10. The normalized spacial score (nSPS) is 27.0. The molecule has 2 aromatic carbocycles. The van der Waals surface area contributed by atoms with Gasteiger partial charge < -0.3 is 4.74 Å². The first kappa shape index (κ1) is 24.0. The highest BCUT2D eigenvalue weighted by Gasteiger charge is 2.32.